The summed E-state index contributed by atoms with van der Waals surface area (Å²) in [5.74, 6) is -0.735. The third-order valence-corrected chi connectivity index (χ3v) is 3.08. The van der Waals surface area contributed by atoms with E-state index in [0.717, 1.165) is 5.56 Å². The quantitative estimate of drug-likeness (QED) is 0.643. The monoisotopic (exact) mass is 276 g/mol. The smallest absolute Gasteiger partial charge is 0.200 e. The summed E-state index contributed by atoms with van der Waals surface area (Å²) in [4.78, 5) is 0. The van der Waals surface area contributed by atoms with E-state index < -0.39 is 5.75 Å². The van der Waals surface area contributed by atoms with Crippen molar-refractivity contribution in [1.82, 2.24) is 0 Å². The van der Waals surface area contributed by atoms with E-state index in [1.54, 1.807) is 12.1 Å². The average Bonchev–Trinajstić information content (AvgIpc) is 2.42. The molecular formula is C15H16O5. The van der Waals surface area contributed by atoms with Gasteiger partial charge in [0.1, 0.15) is 0 Å². The summed E-state index contributed by atoms with van der Waals surface area (Å²) in [6.07, 6.45) is 1.16. The number of methoxy groups -OCH3 is 1. The van der Waals surface area contributed by atoms with Crippen LogP contribution >= 0.6 is 0 Å². The minimum absolute atomic E-state index is 0.0707. The molecule has 2 aromatic carbocycles. The molecule has 20 heavy (non-hydrogen) atoms. The van der Waals surface area contributed by atoms with Crippen LogP contribution < -0.4 is 4.74 Å². The van der Waals surface area contributed by atoms with Crippen LogP contribution in [0.25, 0.3) is 0 Å². The van der Waals surface area contributed by atoms with E-state index in [0.29, 0.717) is 24.2 Å². The van der Waals surface area contributed by atoms with Crippen LogP contribution in [0.5, 0.6) is 28.7 Å². The Labute approximate surface area is 116 Å². The molecule has 0 aliphatic carbocycles. The lowest BCUT2D eigenvalue weighted by atomic mass is 10.0. The third kappa shape index (κ3) is 2.88. The van der Waals surface area contributed by atoms with Crippen molar-refractivity contribution in [1.29, 1.82) is 0 Å². The average molecular weight is 276 g/mol. The van der Waals surface area contributed by atoms with Gasteiger partial charge in [0.05, 0.1) is 7.11 Å². The van der Waals surface area contributed by atoms with Crippen molar-refractivity contribution < 1.29 is 25.2 Å². The van der Waals surface area contributed by atoms with Crippen molar-refractivity contribution >= 4 is 0 Å². The minimum Gasteiger partial charge on any atom is -0.504 e. The lowest BCUT2D eigenvalue weighted by molar-refractivity contribution is 0.367. The van der Waals surface area contributed by atoms with E-state index >= 15 is 0 Å². The van der Waals surface area contributed by atoms with Crippen LogP contribution in [0.2, 0.25) is 0 Å². The SMILES string of the molecule is COc1ccc(CCc2cc(O)c(O)c(O)c2)cc1O. The Morgan fingerprint density at radius 3 is 1.90 bits per heavy atom. The number of benzene rings is 2. The van der Waals surface area contributed by atoms with Crippen molar-refractivity contribution in [2.45, 2.75) is 12.8 Å². The molecule has 0 bridgehead atoms. The molecule has 0 aromatic heterocycles. The zero-order chi connectivity index (χ0) is 14.7. The van der Waals surface area contributed by atoms with Gasteiger partial charge in [-0.05, 0) is 48.2 Å². The first kappa shape index (κ1) is 13.9. The van der Waals surface area contributed by atoms with Crippen molar-refractivity contribution in [2.75, 3.05) is 7.11 Å². The molecule has 0 heterocycles. The summed E-state index contributed by atoms with van der Waals surface area (Å²) in [6.45, 7) is 0. The van der Waals surface area contributed by atoms with Crippen molar-refractivity contribution in [3.05, 3.63) is 41.5 Å². The summed E-state index contributed by atoms with van der Waals surface area (Å²) in [5.41, 5.74) is 1.59. The van der Waals surface area contributed by atoms with Crippen molar-refractivity contribution in [3.63, 3.8) is 0 Å². The Morgan fingerprint density at radius 1 is 0.800 bits per heavy atom. The molecule has 106 valence electrons. The van der Waals surface area contributed by atoms with E-state index in [2.05, 4.69) is 0 Å². The molecule has 0 fully saturated rings. The molecule has 0 saturated heterocycles. The maximum absolute atomic E-state index is 9.68. The predicted molar refractivity (Wildman–Crippen MR) is 73.5 cm³/mol. The van der Waals surface area contributed by atoms with Gasteiger partial charge >= 0.3 is 0 Å². The minimum atomic E-state index is -0.518. The Hall–Kier alpha value is -2.56. The van der Waals surface area contributed by atoms with Crippen LogP contribution in [0.3, 0.4) is 0 Å². The van der Waals surface area contributed by atoms with Gasteiger partial charge in [-0.2, -0.15) is 0 Å². The third-order valence-electron chi connectivity index (χ3n) is 3.08. The molecule has 2 rings (SSSR count). The van der Waals surface area contributed by atoms with Crippen LogP contribution in [0, 0.1) is 0 Å². The zero-order valence-corrected chi connectivity index (χ0v) is 11.0. The fraction of sp³-hybridized carbons (Fsp3) is 0.200. The second kappa shape index (κ2) is 5.61. The second-order valence-corrected chi connectivity index (χ2v) is 4.49. The van der Waals surface area contributed by atoms with Gasteiger partial charge < -0.3 is 25.2 Å². The van der Waals surface area contributed by atoms with E-state index in [1.165, 1.54) is 19.2 Å². The zero-order valence-electron chi connectivity index (χ0n) is 11.0. The first-order chi connectivity index (χ1) is 9.51. The van der Waals surface area contributed by atoms with Crippen LogP contribution in [0.1, 0.15) is 11.1 Å². The van der Waals surface area contributed by atoms with E-state index in [4.69, 9.17) is 4.74 Å². The second-order valence-electron chi connectivity index (χ2n) is 4.49. The lowest BCUT2D eigenvalue weighted by Crippen LogP contribution is -1.92. The number of hydrogen-bond donors (Lipinski definition) is 4. The highest BCUT2D eigenvalue weighted by molar-refractivity contribution is 5.51. The van der Waals surface area contributed by atoms with Gasteiger partial charge in [-0.1, -0.05) is 6.07 Å². The molecule has 0 amide bonds. The van der Waals surface area contributed by atoms with Crippen LogP contribution in [-0.4, -0.2) is 27.5 Å². The molecule has 0 spiro atoms. The molecule has 2 aromatic rings. The highest BCUT2D eigenvalue weighted by atomic mass is 16.5. The summed E-state index contributed by atoms with van der Waals surface area (Å²) < 4.78 is 4.96. The molecule has 0 saturated carbocycles. The molecule has 0 aliphatic rings. The topological polar surface area (TPSA) is 90.2 Å². The molecule has 0 atom stereocenters. The van der Waals surface area contributed by atoms with Gasteiger partial charge in [-0.15, -0.1) is 0 Å². The van der Waals surface area contributed by atoms with Gasteiger partial charge in [0.15, 0.2) is 28.7 Å². The van der Waals surface area contributed by atoms with Crippen LogP contribution in [0.4, 0.5) is 0 Å². The number of phenolic OH excluding ortho intramolecular Hbond substituents is 4. The number of aromatic hydroxyl groups is 4. The Balaban J connectivity index is 2.11. The highest BCUT2D eigenvalue weighted by Gasteiger charge is 2.09. The molecule has 0 radical (unpaired) electrons. The van der Waals surface area contributed by atoms with Crippen LogP contribution in [0.15, 0.2) is 30.3 Å². The number of ether oxygens (including phenoxy) is 1. The predicted octanol–water partition coefficient (Wildman–Crippen LogP) is 2.30. The fourth-order valence-corrected chi connectivity index (χ4v) is 1.98. The van der Waals surface area contributed by atoms with E-state index in [9.17, 15) is 20.4 Å². The maximum atomic E-state index is 9.68. The number of aryl methyl sites for hydroxylation is 2. The number of phenols is 4. The first-order valence-corrected chi connectivity index (χ1v) is 6.11. The standard InChI is InChI=1S/C15H16O5/c1-20-14-5-4-9(6-11(14)16)2-3-10-7-12(17)15(19)13(18)8-10/h4-8,16-19H,2-3H2,1H3. The summed E-state index contributed by atoms with van der Waals surface area (Å²) >= 11 is 0. The Morgan fingerprint density at radius 2 is 1.35 bits per heavy atom. The summed E-state index contributed by atoms with van der Waals surface area (Å²) in [5, 5.41) is 37.8. The molecule has 4 N–H and O–H groups in total. The summed E-state index contributed by atoms with van der Waals surface area (Å²) in [7, 11) is 1.48. The first-order valence-electron chi connectivity index (χ1n) is 6.11. The fourth-order valence-electron chi connectivity index (χ4n) is 1.98. The lowest BCUT2D eigenvalue weighted by Gasteiger charge is -2.08. The number of rotatable bonds is 4. The summed E-state index contributed by atoms with van der Waals surface area (Å²) in [6, 6.07) is 7.92. The van der Waals surface area contributed by atoms with Gasteiger partial charge in [0, 0.05) is 0 Å². The van der Waals surface area contributed by atoms with Gasteiger partial charge in [-0.3, -0.25) is 0 Å². The van der Waals surface area contributed by atoms with Gasteiger partial charge in [-0.25, -0.2) is 0 Å². The largest absolute Gasteiger partial charge is 0.504 e. The normalized spacial score (nSPS) is 10.4. The molecule has 0 unspecified atom stereocenters. The van der Waals surface area contributed by atoms with E-state index in [-0.39, 0.29) is 17.2 Å². The van der Waals surface area contributed by atoms with Crippen molar-refractivity contribution in [2.24, 2.45) is 0 Å². The molecule has 5 nitrogen and oxygen atoms in total. The molecule has 0 aliphatic heterocycles. The molecule has 5 heteroatoms. The van der Waals surface area contributed by atoms with Gasteiger partial charge in [0.25, 0.3) is 0 Å². The highest BCUT2D eigenvalue weighted by Crippen LogP contribution is 2.35. The Bertz CT molecular complexity index is 599. The van der Waals surface area contributed by atoms with Crippen LogP contribution in [-0.2, 0) is 12.8 Å². The van der Waals surface area contributed by atoms with Gasteiger partial charge in [0.2, 0.25) is 0 Å². The molecular weight excluding hydrogens is 260 g/mol. The van der Waals surface area contributed by atoms with E-state index in [1.807, 2.05) is 6.07 Å². The van der Waals surface area contributed by atoms with Crippen molar-refractivity contribution in [3.8, 4) is 28.7 Å². The maximum Gasteiger partial charge on any atom is 0.200 e. The number of hydrogen-bond acceptors (Lipinski definition) is 5. The Kier molecular flexibility index (Phi) is 3.89.